The van der Waals surface area contributed by atoms with Gasteiger partial charge in [-0.2, -0.15) is 5.10 Å². The van der Waals surface area contributed by atoms with Crippen molar-refractivity contribution >= 4 is 34.1 Å². The molecule has 11 heteroatoms. The minimum absolute atomic E-state index is 0.0879. The first-order valence-electron chi connectivity index (χ1n) is 8.74. The van der Waals surface area contributed by atoms with Crippen molar-refractivity contribution < 1.29 is 18.7 Å². The zero-order valence-corrected chi connectivity index (χ0v) is 15.8. The molecular weight excluding hydrogens is 384 g/mol. The molecule has 0 aliphatic carbocycles. The van der Waals surface area contributed by atoms with E-state index >= 15 is 4.39 Å². The molecule has 0 atom stereocenters. The molecule has 0 fully saturated rings. The molecule has 0 radical (unpaired) electrons. The summed E-state index contributed by atoms with van der Waals surface area (Å²) in [6.07, 6.45) is 5.41. The molecule has 4 aromatic rings. The van der Waals surface area contributed by atoms with Crippen molar-refractivity contribution in [2.45, 2.75) is 13.3 Å². The van der Waals surface area contributed by atoms with Crippen LogP contribution in [-0.4, -0.2) is 44.8 Å². The fraction of sp³-hybridized carbons (Fsp3) is 0.222. The summed E-state index contributed by atoms with van der Waals surface area (Å²) >= 11 is 0. The standard InChI is InChI=1S/C18H17F2N7O2/c1-4-9-14(10-5-22-25-16(10)17(15(9)19)26(2)3)11-7-27-8-12(24-18(28)29-20)23-13(27)6-21-11/h5-8H,4H2,1-3H3,(H,22,25)(H,24,28). The lowest BCUT2D eigenvalue weighted by atomic mass is 9.96. The summed E-state index contributed by atoms with van der Waals surface area (Å²) in [5, 5.41) is 9.83. The number of imidazole rings is 1. The number of rotatable bonds is 4. The molecular formula is C18H17F2N7O2. The van der Waals surface area contributed by atoms with Gasteiger partial charge in [-0.25, -0.2) is 19.1 Å². The normalized spacial score (nSPS) is 11.2. The van der Waals surface area contributed by atoms with E-state index in [1.54, 1.807) is 35.8 Å². The summed E-state index contributed by atoms with van der Waals surface area (Å²) in [4.78, 5) is 24.4. The Labute approximate surface area is 163 Å². The van der Waals surface area contributed by atoms with Crippen molar-refractivity contribution in [3.8, 4) is 11.3 Å². The molecule has 0 aliphatic rings. The van der Waals surface area contributed by atoms with Crippen molar-refractivity contribution in [3.05, 3.63) is 36.2 Å². The topological polar surface area (TPSA) is 100 Å². The van der Waals surface area contributed by atoms with Crippen LogP contribution in [0.3, 0.4) is 0 Å². The predicted molar refractivity (Wildman–Crippen MR) is 103 cm³/mol. The molecule has 29 heavy (non-hydrogen) atoms. The number of hydrogen-bond acceptors (Lipinski definition) is 6. The maximum atomic E-state index is 15.3. The molecule has 150 valence electrons. The van der Waals surface area contributed by atoms with Crippen LogP contribution in [0.2, 0.25) is 0 Å². The van der Waals surface area contributed by atoms with Crippen molar-refractivity contribution in [2.24, 2.45) is 0 Å². The number of benzene rings is 1. The fourth-order valence-corrected chi connectivity index (χ4v) is 3.44. The monoisotopic (exact) mass is 401 g/mol. The van der Waals surface area contributed by atoms with E-state index < -0.39 is 6.09 Å². The van der Waals surface area contributed by atoms with Crippen LogP contribution in [0.5, 0.6) is 0 Å². The van der Waals surface area contributed by atoms with Gasteiger partial charge in [0.1, 0.15) is 0 Å². The van der Waals surface area contributed by atoms with Crippen LogP contribution in [0, 0.1) is 5.82 Å². The molecule has 0 saturated carbocycles. The minimum atomic E-state index is -1.28. The second-order valence-corrected chi connectivity index (χ2v) is 6.58. The Morgan fingerprint density at radius 2 is 2.14 bits per heavy atom. The second kappa shape index (κ2) is 7.00. The van der Waals surface area contributed by atoms with E-state index in [9.17, 15) is 9.32 Å². The van der Waals surface area contributed by atoms with Gasteiger partial charge in [-0.05, 0) is 12.0 Å². The first-order chi connectivity index (χ1) is 13.9. The number of fused-ring (bicyclic) bond motifs is 2. The van der Waals surface area contributed by atoms with Gasteiger partial charge >= 0.3 is 6.09 Å². The molecule has 0 aliphatic heterocycles. The van der Waals surface area contributed by atoms with E-state index in [4.69, 9.17) is 0 Å². The van der Waals surface area contributed by atoms with Crippen molar-refractivity contribution in [3.63, 3.8) is 0 Å². The molecule has 3 aromatic heterocycles. The van der Waals surface area contributed by atoms with Crippen LogP contribution in [0.4, 0.5) is 25.2 Å². The average molecular weight is 401 g/mol. The Morgan fingerprint density at radius 3 is 2.83 bits per heavy atom. The van der Waals surface area contributed by atoms with E-state index in [1.165, 1.54) is 12.4 Å². The third kappa shape index (κ3) is 3.00. The van der Waals surface area contributed by atoms with Gasteiger partial charge in [0, 0.05) is 35.8 Å². The zero-order valence-electron chi connectivity index (χ0n) is 15.8. The van der Waals surface area contributed by atoms with Crippen molar-refractivity contribution in [1.29, 1.82) is 0 Å². The summed E-state index contributed by atoms with van der Waals surface area (Å²) in [7, 11) is 3.54. The van der Waals surface area contributed by atoms with E-state index in [2.05, 4.69) is 30.4 Å². The maximum absolute atomic E-state index is 15.3. The van der Waals surface area contributed by atoms with Gasteiger partial charge in [-0.1, -0.05) is 6.92 Å². The third-order valence-electron chi connectivity index (χ3n) is 4.62. The van der Waals surface area contributed by atoms with Gasteiger partial charge in [-0.3, -0.25) is 15.4 Å². The highest BCUT2D eigenvalue weighted by molar-refractivity contribution is 6.02. The molecule has 0 unspecified atom stereocenters. The smallest absolute Gasteiger partial charge is 0.374 e. The second-order valence-electron chi connectivity index (χ2n) is 6.58. The molecule has 0 saturated heterocycles. The Morgan fingerprint density at radius 1 is 1.34 bits per heavy atom. The Kier molecular flexibility index (Phi) is 4.49. The van der Waals surface area contributed by atoms with Gasteiger partial charge < -0.3 is 9.30 Å². The molecule has 2 N–H and O–H groups in total. The van der Waals surface area contributed by atoms with Crippen LogP contribution in [0.1, 0.15) is 12.5 Å². The van der Waals surface area contributed by atoms with Crippen LogP contribution in [0.25, 0.3) is 27.8 Å². The lowest BCUT2D eigenvalue weighted by molar-refractivity contribution is -0.0544. The van der Waals surface area contributed by atoms with Gasteiger partial charge in [0.2, 0.25) is 0 Å². The van der Waals surface area contributed by atoms with Gasteiger partial charge in [0.05, 0.1) is 35.5 Å². The molecule has 4 rings (SSSR count). The highest BCUT2D eigenvalue weighted by Crippen LogP contribution is 2.39. The number of halogens is 2. The van der Waals surface area contributed by atoms with Crippen LogP contribution in [-0.2, 0) is 11.4 Å². The number of nitrogens with one attached hydrogen (secondary N) is 2. The van der Waals surface area contributed by atoms with Crippen molar-refractivity contribution in [1.82, 2.24) is 24.6 Å². The number of carbonyl (C=O) groups is 1. The average Bonchev–Trinajstić information content (AvgIpc) is 3.31. The summed E-state index contributed by atoms with van der Waals surface area (Å²) in [5.41, 5.74) is 3.04. The quantitative estimate of drug-likeness (QED) is 0.543. The highest BCUT2D eigenvalue weighted by atomic mass is 19.3. The summed E-state index contributed by atoms with van der Waals surface area (Å²) < 4.78 is 28.9. The number of aromatic amines is 1. The molecule has 1 aromatic carbocycles. The first kappa shape index (κ1) is 18.6. The van der Waals surface area contributed by atoms with E-state index in [0.717, 1.165) is 5.39 Å². The number of aromatic nitrogens is 5. The van der Waals surface area contributed by atoms with Gasteiger partial charge in [-0.15, -0.1) is 0 Å². The number of hydrogen-bond donors (Lipinski definition) is 2. The van der Waals surface area contributed by atoms with E-state index in [-0.39, 0.29) is 11.6 Å². The highest BCUT2D eigenvalue weighted by Gasteiger charge is 2.23. The fourth-order valence-electron chi connectivity index (χ4n) is 3.44. The minimum Gasteiger partial charge on any atom is -0.374 e. The molecule has 9 nitrogen and oxygen atoms in total. The third-order valence-corrected chi connectivity index (χ3v) is 4.62. The maximum Gasteiger partial charge on any atom is 0.450 e. The number of amides is 1. The first-order valence-corrected chi connectivity index (χ1v) is 8.74. The Hall–Kier alpha value is -3.76. The van der Waals surface area contributed by atoms with Gasteiger partial charge in [0.25, 0.3) is 0 Å². The molecule has 0 bridgehead atoms. The van der Waals surface area contributed by atoms with Crippen LogP contribution < -0.4 is 10.2 Å². The van der Waals surface area contributed by atoms with Crippen molar-refractivity contribution in [2.75, 3.05) is 24.3 Å². The van der Waals surface area contributed by atoms with E-state index in [1.807, 2.05) is 6.92 Å². The van der Waals surface area contributed by atoms with Gasteiger partial charge in [0.15, 0.2) is 17.3 Å². The summed E-state index contributed by atoms with van der Waals surface area (Å²) in [5.74, 6) is -0.255. The summed E-state index contributed by atoms with van der Waals surface area (Å²) in [6, 6.07) is 0. The number of H-pyrrole nitrogens is 1. The molecule has 0 spiro atoms. The lowest BCUT2D eigenvalue weighted by Gasteiger charge is -2.19. The van der Waals surface area contributed by atoms with Crippen LogP contribution in [0.15, 0.2) is 24.8 Å². The molecule has 3 heterocycles. The lowest BCUT2D eigenvalue weighted by Crippen LogP contribution is -2.13. The van der Waals surface area contributed by atoms with Crippen LogP contribution >= 0.6 is 0 Å². The Bertz CT molecular complexity index is 1230. The Balaban J connectivity index is 1.92. The summed E-state index contributed by atoms with van der Waals surface area (Å²) in [6.45, 7) is 1.87. The number of anilines is 2. The predicted octanol–water partition coefficient (Wildman–Crippen LogP) is 3.47. The zero-order chi connectivity index (χ0) is 20.7. The number of carbonyl (C=O) groups excluding carboxylic acids is 1. The largest absolute Gasteiger partial charge is 0.450 e. The SMILES string of the molecule is CCc1c(F)c(N(C)C)c2[nH]ncc2c1-c1cn2cc(NC(=O)OF)nc2cn1. The van der Waals surface area contributed by atoms with E-state index in [0.29, 0.717) is 40.1 Å². The number of nitrogens with zero attached hydrogens (tertiary/aromatic N) is 5. The molecule has 1 amide bonds.